The third-order valence-corrected chi connectivity index (χ3v) is 3.94. The first-order valence-corrected chi connectivity index (χ1v) is 8.63. The molecule has 0 heterocycles. The first kappa shape index (κ1) is 20.0. The van der Waals surface area contributed by atoms with E-state index in [0.29, 0.717) is 5.69 Å². The Hall–Kier alpha value is -3.35. The van der Waals surface area contributed by atoms with Crippen molar-refractivity contribution >= 4 is 29.2 Å². The van der Waals surface area contributed by atoms with Gasteiger partial charge in [-0.1, -0.05) is 36.4 Å². The number of carbonyl (C=O) groups excluding carboxylic acids is 3. The summed E-state index contributed by atoms with van der Waals surface area (Å²) in [5.74, 6) is -0.781. The predicted molar refractivity (Wildman–Crippen MR) is 106 cm³/mol. The van der Waals surface area contributed by atoms with Gasteiger partial charge in [0, 0.05) is 11.4 Å². The van der Waals surface area contributed by atoms with Crippen LogP contribution in [0.5, 0.6) is 0 Å². The van der Waals surface area contributed by atoms with Gasteiger partial charge in [-0.3, -0.25) is 9.59 Å². The molecule has 4 amide bonds. The lowest BCUT2D eigenvalue weighted by Gasteiger charge is -2.15. The smallest absolute Gasteiger partial charge is 0.319 e. The van der Waals surface area contributed by atoms with E-state index >= 15 is 0 Å². The summed E-state index contributed by atoms with van der Waals surface area (Å²) in [6.07, 6.45) is 0. The molecule has 0 spiro atoms. The van der Waals surface area contributed by atoms with E-state index in [1.165, 1.54) is 0 Å². The number of rotatable bonds is 6. The van der Waals surface area contributed by atoms with E-state index in [1.807, 2.05) is 38.1 Å². The average Bonchev–Trinajstić information content (AvgIpc) is 2.63. The van der Waals surface area contributed by atoms with Crippen LogP contribution in [0.25, 0.3) is 0 Å². The molecule has 2 aromatic carbocycles. The van der Waals surface area contributed by atoms with Gasteiger partial charge in [0.15, 0.2) is 0 Å². The number of para-hydroxylation sites is 2. The Kier molecular flexibility index (Phi) is 6.93. The molecule has 7 nitrogen and oxygen atoms in total. The van der Waals surface area contributed by atoms with Gasteiger partial charge in [0.2, 0.25) is 11.8 Å². The fourth-order valence-corrected chi connectivity index (χ4v) is 2.47. The van der Waals surface area contributed by atoms with Crippen LogP contribution in [0.4, 0.5) is 16.2 Å². The van der Waals surface area contributed by atoms with Gasteiger partial charge < -0.3 is 21.3 Å². The number of anilines is 2. The molecule has 7 heteroatoms. The van der Waals surface area contributed by atoms with E-state index in [9.17, 15) is 14.4 Å². The number of hydrogen-bond acceptors (Lipinski definition) is 3. The first-order valence-electron chi connectivity index (χ1n) is 8.63. The lowest BCUT2D eigenvalue weighted by molar-refractivity contribution is -0.125. The largest absolute Gasteiger partial charge is 0.345 e. The summed E-state index contributed by atoms with van der Waals surface area (Å²) >= 11 is 0. The molecule has 0 saturated heterocycles. The number of urea groups is 1. The van der Waals surface area contributed by atoms with Crippen LogP contribution in [0, 0.1) is 13.8 Å². The van der Waals surface area contributed by atoms with Crippen molar-refractivity contribution in [1.82, 2.24) is 10.6 Å². The van der Waals surface area contributed by atoms with Crippen LogP contribution >= 0.6 is 0 Å². The van der Waals surface area contributed by atoms with Gasteiger partial charge in [-0.05, 0) is 44.0 Å². The van der Waals surface area contributed by atoms with E-state index in [2.05, 4.69) is 21.3 Å². The van der Waals surface area contributed by atoms with E-state index in [1.54, 1.807) is 31.2 Å². The van der Waals surface area contributed by atoms with Crippen LogP contribution in [-0.2, 0) is 9.59 Å². The van der Waals surface area contributed by atoms with Crippen LogP contribution in [-0.4, -0.2) is 30.4 Å². The maximum Gasteiger partial charge on any atom is 0.319 e. The zero-order valence-corrected chi connectivity index (χ0v) is 15.6. The molecule has 0 unspecified atom stereocenters. The molecule has 0 radical (unpaired) electrons. The minimum absolute atomic E-state index is 0.182. The quantitative estimate of drug-likeness (QED) is 0.630. The Morgan fingerprint density at radius 1 is 0.889 bits per heavy atom. The fraction of sp³-hybridized carbons (Fsp3) is 0.250. The summed E-state index contributed by atoms with van der Waals surface area (Å²) in [5.41, 5.74) is 3.25. The van der Waals surface area contributed by atoms with Crippen molar-refractivity contribution in [3.8, 4) is 0 Å². The van der Waals surface area contributed by atoms with Crippen LogP contribution in [0.15, 0.2) is 48.5 Å². The number of aryl methyl sites for hydroxylation is 2. The monoisotopic (exact) mass is 368 g/mol. The predicted octanol–water partition coefficient (Wildman–Crippen LogP) is 2.57. The molecule has 2 aromatic rings. The van der Waals surface area contributed by atoms with Gasteiger partial charge in [-0.2, -0.15) is 0 Å². The summed E-state index contributed by atoms with van der Waals surface area (Å²) < 4.78 is 0. The first-order chi connectivity index (χ1) is 12.9. The summed E-state index contributed by atoms with van der Waals surface area (Å²) in [6.45, 7) is 5.17. The fourth-order valence-electron chi connectivity index (χ4n) is 2.47. The van der Waals surface area contributed by atoms with Crippen molar-refractivity contribution in [2.24, 2.45) is 0 Å². The van der Waals surface area contributed by atoms with E-state index < -0.39 is 18.0 Å². The third-order valence-electron chi connectivity index (χ3n) is 3.94. The van der Waals surface area contributed by atoms with Gasteiger partial charge in [0.05, 0.1) is 6.54 Å². The van der Waals surface area contributed by atoms with Gasteiger partial charge in [-0.15, -0.1) is 0 Å². The van der Waals surface area contributed by atoms with Crippen molar-refractivity contribution in [2.45, 2.75) is 26.8 Å². The molecule has 4 N–H and O–H groups in total. The van der Waals surface area contributed by atoms with Crippen LogP contribution in [0.1, 0.15) is 18.1 Å². The molecule has 0 aliphatic rings. The Labute approximate surface area is 158 Å². The molecule has 0 aromatic heterocycles. The average molecular weight is 368 g/mol. The summed E-state index contributed by atoms with van der Waals surface area (Å²) in [5, 5.41) is 10.5. The summed E-state index contributed by atoms with van der Waals surface area (Å²) in [4.78, 5) is 36.1. The van der Waals surface area contributed by atoms with Crippen molar-refractivity contribution < 1.29 is 14.4 Å². The Morgan fingerprint density at radius 3 is 2.15 bits per heavy atom. The van der Waals surface area contributed by atoms with Crippen molar-refractivity contribution in [1.29, 1.82) is 0 Å². The highest BCUT2D eigenvalue weighted by atomic mass is 16.2. The molecular weight excluding hydrogens is 344 g/mol. The number of amides is 4. The van der Waals surface area contributed by atoms with Crippen LogP contribution in [0.2, 0.25) is 0 Å². The second-order valence-electron chi connectivity index (χ2n) is 6.22. The highest BCUT2D eigenvalue weighted by Crippen LogP contribution is 2.18. The number of nitrogens with one attached hydrogen (secondary N) is 4. The molecule has 0 fully saturated rings. The maximum atomic E-state index is 12.1. The van der Waals surface area contributed by atoms with Gasteiger partial charge in [0.1, 0.15) is 6.04 Å². The molecular formula is C20H24N4O3. The van der Waals surface area contributed by atoms with E-state index in [0.717, 1.165) is 16.8 Å². The number of hydrogen-bond donors (Lipinski definition) is 4. The summed E-state index contributed by atoms with van der Waals surface area (Å²) in [6, 6.07) is 13.3. The number of carbonyl (C=O) groups is 3. The minimum Gasteiger partial charge on any atom is -0.345 e. The second-order valence-corrected chi connectivity index (χ2v) is 6.22. The van der Waals surface area contributed by atoms with E-state index in [4.69, 9.17) is 0 Å². The Balaban J connectivity index is 1.78. The third kappa shape index (κ3) is 6.14. The zero-order chi connectivity index (χ0) is 19.8. The molecule has 0 saturated carbocycles. The lowest BCUT2D eigenvalue weighted by Crippen LogP contribution is -2.47. The Bertz CT molecular complexity index is 801. The van der Waals surface area contributed by atoms with Crippen molar-refractivity contribution in [2.75, 3.05) is 17.2 Å². The molecule has 0 aliphatic carbocycles. The molecule has 27 heavy (non-hydrogen) atoms. The SMILES string of the molecule is Cc1cccc(C)c1NC(=O)CNC(=O)[C@@H](C)NC(=O)Nc1ccccc1. The van der Waals surface area contributed by atoms with Gasteiger partial charge >= 0.3 is 6.03 Å². The second kappa shape index (κ2) is 9.38. The van der Waals surface area contributed by atoms with Gasteiger partial charge in [-0.25, -0.2) is 4.79 Å². The molecule has 2 rings (SSSR count). The maximum absolute atomic E-state index is 12.1. The Morgan fingerprint density at radius 2 is 1.52 bits per heavy atom. The minimum atomic E-state index is -0.790. The van der Waals surface area contributed by atoms with Crippen molar-refractivity contribution in [3.05, 3.63) is 59.7 Å². The highest BCUT2D eigenvalue weighted by molar-refractivity contribution is 5.97. The molecule has 0 aliphatic heterocycles. The zero-order valence-electron chi connectivity index (χ0n) is 15.6. The van der Waals surface area contributed by atoms with Crippen molar-refractivity contribution in [3.63, 3.8) is 0 Å². The standard InChI is InChI=1S/C20H24N4O3/c1-13-8-7-9-14(2)18(13)24-17(25)12-21-19(26)15(3)22-20(27)23-16-10-5-4-6-11-16/h4-11,15H,12H2,1-3H3,(H,21,26)(H,24,25)(H2,22,23,27)/t15-/m1/s1. The van der Waals surface area contributed by atoms with Crippen LogP contribution < -0.4 is 21.3 Å². The molecule has 0 bridgehead atoms. The lowest BCUT2D eigenvalue weighted by atomic mass is 10.1. The van der Waals surface area contributed by atoms with E-state index in [-0.39, 0.29) is 12.5 Å². The number of benzene rings is 2. The summed E-state index contributed by atoms with van der Waals surface area (Å²) in [7, 11) is 0. The van der Waals surface area contributed by atoms with Crippen LogP contribution in [0.3, 0.4) is 0 Å². The van der Waals surface area contributed by atoms with Gasteiger partial charge in [0.25, 0.3) is 0 Å². The molecule has 1 atom stereocenters. The topological polar surface area (TPSA) is 99.3 Å². The highest BCUT2D eigenvalue weighted by Gasteiger charge is 2.16. The normalized spacial score (nSPS) is 11.2. The molecule has 142 valence electrons.